The van der Waals surface area contributed by atoms with E-state index in [2.05, 4.69) is 30.8 Å². The van der Waals surface area contributed by atoms with Crippen LogP contribution in [0.3, 0.4) is 0 Å². The summed E-state index contributed by atoms with van der Waals surface area (Å²) in [5.41, 5.74) is 1.12. The van der Waals surface area contributed by atoms with Crippen molar-refractivity contribution < 1.29 is 0 Å². The molecule has 1 atom stereocenters. The predicted molar refractivity (Wildman–Crippen MR) is 65.5 cm³/mol. The minimum atomic E-state index is 0.618. The number of nitrogens with zero attached hydrogens (tertiary/aromatic N) is 3. The Labute approximate surface area is 99.0 Å². The van der Waals surface area contributed by atoms with E-state index in [0.29, 0.717) is 6.04 Å². The standard InChI is InChI=1S/C11H16BrN3/c1-9-7-13-11(14-8-9)15-6-2-3-10(15)4-5-12/h7-8,10H,2-6H2,1H3. The molecule has 82 valence electrons. The molecule has 0 N–H and O–H groups in total. The van der Waals surface area contributed by atoms with Crippen LogP contribution in [-0.4, -0.2) is 27.9 Å². The van der Waals surface area contributed by atoms with E-state index in [-0.39, 0.29) is 0 Å². The zero-order valence-electron chi connectivity index (χ0n) is 8.99. The lowest BCUT2D eigenvalue weighted by Gasteiger charge is -2.23. The summed E-state index contributed by atoms with van der Waals surface area (Å²) in [5, 5.41) is 1.06. The van der Waals surface area contributed by atoms with Crippen molar-refractivity contribution in [3.05, 3.63) is 18.0 Å². The summed E-state index contributed by atoms with van der Waals surface area (Å²) in [4.78, 5) is 11.1. The maximum atomic E-state index is 4.39. The third-order valence-electron chi connectivity index (χ3n) is 2.84. The van der Waals surface area contributed by atoms with E-state index in [1.54, 1.807) is 0 Å². The van der Waals surface area contributed by atoms with Gasteiger partial charge in [0.1, 0.15) is 0 Å². The van der Waals surface area contributed by atoms with Crippen LogP contribution >= 0.6 is 15.9 Å². The third kappa shape index (κ3) is 2.48. The van der Waals surface area contributed by atoms with Gasteiger partial charge in [-0.05, 0) is 31.7 Å². The number of hydrogen-bond donors (Lipinski definition) is 0. The van der Waals surface area contributed by atoms with Gasteiger partial charge in [-0.15, -0.1) is 0 Å². The molecule has 0 bridgehead atoms. The second kappa shape index (κ2) is 4.92. The van der Waals surface area contributed by atoms with Crippen molar-refractivity contribution >= 4 is 21.9 Å². The van der Waals surface area contributed by atoms with Crippen molar-refractivity contribution in [1.29, 1.82) is 0 Å². The molecule has 0 saturated carbocycles. The van der Waals surface area contributed by atoms with Crippen LogP contribution in [0.2, 0.25) is 0 Å². The van der Waals surface area contributed by atoms with Gasteiger partial charge in [0, 0.05) is 30.3 Å². The highest BCUT2D eigenvalue weighted by Gasteiger charge is 2.25. The van der Waals surface area contributed by atoms with Crippen molar-refractivity contribution in [2.75, 3.05) is 16.8 Å². The average Bonchev–Trinajstić information content (AvgIpc) is 2.68. The molecule has 4 heteroatoms. The molecule has 1 aromatic heterocycles. The Morgan fingerprint density at radius 1 is 1.47 bits per heavy atom. The van der Waals surface area contributed by atoms with Crippen molar-refractivity contribution in [3.63, 3.8) is 0 Å². The number of halogens is 1. The van der Waals surface area contributed by atoms with Gasteiger partial charge in [-0.25, -0.2) is 9.97 Å². The van der Waals surface area contributed by atoms with Crippen LogP contribution in [0.5, 0.6) is 0 Å². The van der Waals surface area contributed by atoms with Gasteiger partial charge in [-0.2, -0.15) is 0 Å². The van der Waals surface area contributed by atoms with Crippen LogP contribution in [0.15, 0.2) is 12.4 Å². The number of alkyl halides is 1. The van der Waals surface area contributed by atoms with Crippen molar-refractivity contribution in [2.45, 2.75) is 32.2 Å². The first-order valence-corrected chi connectivity index (χ1v) is 6.54. The Kier molecular flexibility index (Phi) is 3.57. The van der Waals surface area contributed by atoms with Gasteiger partial charge in [-0.1, -0.05) is 15.9 Å². The Morgan fingerprint density at radius 3 is 2.87 bits per heavy atom. The first-order valence-electron chi connectivity index (χ1n) is 5.42. The topological polar surface area (TPSA) is 29.0 Å². The Balaban J connectivity index is 2.11. The molecular weight excluding hydrogens is 254 g/mol. The zero-order valence-corrected chi connectivity index (χ0v) is 10.6. The van der Waals surface area contributed by atoms with Crippen LogP contribution in [-0.2, 0) is 0 Å². The molecular formula is C11H16BrN3. The summed E-state index contributed by atoms with van der Waals surface area (Å²) >= 11 is 3.50. The van der Waals surface area contributed by atoms with Crippen LogP contribution < -0.4 is 4.90 Å². The lowest BCUT2D eigenvalue weighted by atomic mass is 10.2. The molecule has 2 heterocycles. The average molecular weight is 270 g/mol. The van der Waals surface area contributed by atoms with Crippen LogP contribution in [0.25, 0.3) is 0 Å². The lowest BCUT2D eigenvalue weighted by Crippen LogP contribution is -2.31. The monoisotopic (exact) mass is 269 g/mol. The molecule has 1 saturated heterocycles. The fourth-order valence-corrected chi connectivity index (χ4v) is 2.59. The van der Waals surface area contributed by atoms with Gasteiger partial charge in [0.05, 0.1) is 0 Å². The van der Waals surface area contributed by atoms with Gasteiger partial charge >= 0.3 is 0 Å². The number of aromatic nitrogens is 2. The van der Waals surface area contributed by atoms with Gasteiger partial charge in [0.15, 0.2) is 0 Å². The molecule has 0 amide bonds. The van der Waals surface area contributed by atoms with E-state index in [1.165, 1.54) is 19.3 Å². The SMILES string of the molecule is Cc1cnc(N2CCCC2CCBr)nc1. The smallest absolute Gasteiger partial charge is 0.225 e. The zero-order chi connectivity index (χ0) is 10.7. The predicted octanol–water partition coefficient (Wildman–Crippen LogP) is 2.54. The number of aryl methyl sites for hydroxylation is 1. The second-order valence-electron chi connectivity index (χ2n) is 4.03. The van der Waals surface area contributed by atoms with E-state index in [1.807, 2.05) is 19.3 Å². The van der Waals surface area contributed by atoms with Crippen LogP contribution in [0, 0.1) is 6.92 Å². The molecule has 1 unspecified atom stereocenters. The van der Waals surface area contributed by atoms with E-state index in [4.69, 9.17) is 0 Å². The minimum Gasteiger partial charge on any atom is -0.338 e. The fraction of sp³-hybridized carbons (Fsp3) is 0.636. The summed E-state index contributed by atoms with van der Waals surface area (Å²) in [6, 6.07) is 0.618. The van der Waals surface area contributed by atoms with Crippen LogP contribution in [0.4, 0.5) is 5.95 Å². The van der Waals surface area contributed by atoms with E-state index >= 15 is 0 Å². The first-order chi connectivity index (χ1) is 7.31. The molecule has 2 rings (SSSR count). The summed E-state index contributed by atoms with van der Waals surface area (Å²) < 4.78 is 0. The largest absolute Gasteiger partial charge is 0.338 e. The van der Waals surface area contributed by atoms with Gasteiger partial charge < -0.3 is 4.90 Å². The van der Waals surface area contributed by atoms with Crippen LogP contribution in [0.1, 0.15) is 24.8 Å². The lowest BCUT2D eigenvalue weighted by molar-refractivity contribution is 0.640. The molecule has 1 aliphatic rings. The minimum absolute atomic E-state index is 0.618. The highest BCUT2D eigenvalue weighted by atomic mass is 79.9. The highest BCUT2D eigenvalue weighted by molar-refractivity contribution is 9.09. The molecule has 1 fully saturated rings. The normalized spacial score (nSPS) is 20.9. The van der Waals surface area contributed by atoms with Crippen molar-refractivity contribution in [3.8, 4) is 0 Å². The molecule has 1 aliphatic heterocycles. The fourth-order valence-electron chi connectivity index (χ4n) is 2.06. The number of hydrogen-bond acceptors (Lipinski definition) is 3. The third-order valence-corrected chi connectivity index (χ3v) is 3.30. The highest BCUT2D eigenvalue weighted by Crippen LogP contribution is 2.24. The molecule has 15 heavy (non-hydrogen) atoms. The Bertz CT molecular complexity index is 312. The number of rotatable bonds is 3. The van der Waals surface area contributed by atoms with E-state index in [0.717, 1.165) is 23.4 Å². The summed E-state index contributed by atoms with van der Waals surface area (Å²) in [5.74, 6) is 0.893. The second-order valence-corrected chi connectivity index (χ2v) is 4.82. The number of anilines is 1. The summed E-state index contributed by atoms with van der Waals surface area (Å²) in [6.07, 6.45) is 7.49. The molecule has 0 aromatic carbocycles. The van der Waals surface area contributed by atoms with Gasteiger partial charge in [0.2, 0.25) is 5.95 Å². The quantitative estimate of drug-likeness (QED) is 0.790. The molecule has 0 radical (unpaired) electrons. The Hall–Kier alpha value is -0.640. The van der Waals surface area contributed by atoms with Gasteiger partial charge in [0.25, 0.3) is 0 Å². The molecule has 0 spiro atoms. The molecule has 3 nitrogen and oxygen atoms in total. The molecule has 1 aromatic rings. The van der Waals surface area contributed by atoms with E-state index < -0.39 is 0 Å². The maximum absolute atomic E-state index is 4.39. The maximum Gasteiger partial charge on any atom is 0.225 e. The van der Waals surface area contributed by atoms with E-state index in [9.17, 15) is 0 Å². The first kappa shape index (κ1) is 10.9. The Morgan fingerprint density at radius 2 is 2.20 bits per heavy atom. The summed E-state index contributed by atoms with van der Waals surface area (Å²) in [6.45, 7) is 3.12. The van der Waals surface area contributed by atoms with Crippen molar-refractivity contribution in [1.82, 2.24) is 9.97 Å². The van der Waals surface area contributed by atoms with Gasteiger partial charge in [-0.3, -0.25) is 0 Å². The summed E-state index contributed by atoms with van der Waals surface area (Å²) in [7, 11) is 0. The molecule has 0 aliphatic carbocycles. The van der Waals surface area contributed by atoms with Crippen molar-refractivity contribution in [2.24, 2.45) is 0 Å².